The Morgan fingerprint density at radius 2 is 2.07 bits per heavy atom. The van der Waals surface area contributed by atoms with Crippen LogP contribution in [0.3, 0.4) is 0 Å². The average molecular weight is 221 g/mol. The van der Waals surface area contributed by atoms with Gasteiger partial charge in [-0.05, 0) is 17.5 Å². The van der Waals surface area contributed by atoms with E-state index in [0.717, 1.165) is 25.7 Å². The maximum Gasteiger partial charge on any atom is 0.235 e. The van der Waals surface area contributed by atoms with Gasteiger partial charge in [0, 0.05) is 25.4 Å². The fourth-order valence-electron chi connectivity index (χ4n) is 2.01. The van der Waals surface area contributed by atoms with E-state index in [1.54, 1.807) is 0 Å². The van der Waals surface area contributed by atoms with E-state index in [4.69, 9.17) is 5.73 Å². The maximum absolute atomic E-state index is 9.59. The molecule has 0 saturated heterocycles. The van der Waals surface area contributed by atoms with Crippen LogP contribution in [-0.4, -0.2) is 37.6 Å². The van der Waals surface area contributed by atoms with Gasteiger partial charge in [-0.25, -0.2) is 0 Å². The highest BCUT2D eigenvalue weighted by molar-refractivity contribution is 6.50. The van der Waals surface area contributed by atoms with Crippen LogP contribution in [0.5, 0.6) is 0 Å². The molecule has 0 unspecified atom stereocenters. The third kappa shape index (κ3) is 2.66. The molecule has 0 saturated carbocycles. The van der Waals surface area contributed by atoms with Gasteiger partial charge in [0.25, 0.3) is 0 Å². The van der Waals surface area contributed by atoms with Crippen LogP contribution < -0.4 is 5.73 Å². The summed E-state index contributed by atoms with van der Waals surface area (Å²) in [4.78, 5) is 11.9. The van der Waals surface area contributed by atoms with Crippen molar-refractivity contribution < 1.29 is 4.80 Å². The third-order valence-corrected chi connectivity index (χ3v) is 4.13. The van der Waals surface area contributed by atoms with E-state index >= 15 is 0 Å². The molecule has 1 aromatic rings. The summed E-state index contributed by atoms with van der Waals surface area (Å²) >= 11 is 0. The molecule has 0 aliphatic carbocycles. The van der Waals surface area contributed by atoms with E-state index in [0.29, 0.717) is 6.17 Å². The lowest BCUT2D eigenvalue weighted by Crippen LogP contribution is -2.42. The molecule has 1 radical (unpaired) electrons. The second-order valence-corrected chi connectivity index (χ2v) is 5.86. The minimum Gasteiger partial charge on any atom is -0.429 e. The summed E-state index contributed by atoms with van der Waals surface area (Å²) in [5.41, 5.74) is 8.30. The molecule has 4 heteroatoms. The monoisotopic (exact) mass is 221 g/mol. The van der Waals surface area contributed by atoms with Gasteiger partial charge in [0.2, 0.25) is 9.04 Å². The van der Waals surface area contributed by atoms with Crippen LogP contribution in [0.25, 0.3) is 0 Å². The normalized spacial score (nSPS) is 16.7. The lowest BCUT2D eigenvalue weighted by atomic mass is 10.0. The maximum atomic E-state index is 9.59. The topological polar surface area (TPSA) is 49.5 Å². The first-order valence-corrected chi connectivity index (χ1v) is 7.18. The van der Waals surface area contributed by atoms with Crippen LogP contribution in [-0.2, 0) is 13.0 Å². The van der Waals surface area contributed by atoms with E-state index < -0.39 is 9.04 Å². The van der Waals surface area contributed by atoms with Crippen LogP contribution in [0.1, 0.15) is 11.1 Å². The van der Waals surface area contributed by atoms with Crippen molar-refractivity contribution in [3.63, 3.8) is 0 Å². The summed E-state index contributed by atoms with van der Waals surface area (Å²) in [5, 5.41) is 0. The summed E-state index contributed by atoms with van der Waals surface area (Å²) in [5.74, 6) is 0. The minimum atomic E-state index is -1.33. The zero-order valence-electron chi connectivity index (χ0n) is 8.82. The van der Waals surface area contributed by atoms with Crippen molar-refractivity contribution >= 4 is 9.04 Å². The highest BCUT2D eigenvalue weighted by Gasteiger charge is 2.18. The third-order valence-electron chi connectivity index (χ3n) is 2.85. The molecule has 0 spiro atoms. The highest BCUT2D eigenvalue weighted by atomic mass is 28.3. The largest absolute Gasteiger partial charge is 0.429 e. The zero-order valence-corrected chi connectivity index (χ0v) is 9.82. The summed E-state index contributed by atoms with van der Waals surface area (Å²) in [6, 6.07) is 8.54. The predicted molar refractivity (Wildman–Crippen MR) is 62.5 cm³/mol. The molecule has 1 heterocycles. The number of hydrogen-bond donors (Lipinski definition) is 2. The summed E-state index contributed by atoms with van der Waals surface area (Å²) in [6.45, 7) is 2.01. The van der Waals surface area contributed by atoms with Crippen LogP contribution in [0.15, 0.2) is 24.3 Å². The lowest BCUT2D eigenvalue weighted by Gasteiger charge is -2.29. The first-order valence-electron chi connectivity index (χ1n) is 5.32. The van der Waals surface area contributed by atoms with Crippen LogP contribution in [0.4, 0.5) is 0 Å². The second-order valence-electron chi connectivity index (χ2n) is 4.00. The molecule has 1 aromatic carbocycles. The Balaban J connectivity index is 1.99. The van der Waals surface area contributed by atoms with Crippen molar-refractivity contribution in [1.82, 2.24) is 4.90 Å². The minimum absolute atomic E-state index is 0.447. The van der Waals surface area contributed by atoms with E-state index in [1.165, 1.54) is 11.1 Å². The number of hydrogen-bond acceptors (Lipinski definition) is 3. The molecule has 0 fully saturated rings. The van der Waals surface area contributed by atoms with Crippen molar-refractivity contribution in [3.8, 4) is 0 Å². The Hall–Kier alpha value is -0.683. The van der Waals surface area contributed by atoms with Crippen molar-refractivity contribution in [2.45, 2.75) is 13.0 Å². The first-order chi connectivity index (χ1) is 7.29. The molecule has 0 atom stereocenters. The number of fused-ring (bicyclic) bond motifs is 1. The zero-order chi connectivity index (χ0) is 10.7. The van der Waals surface area contributed by atoms with E-state index in [9.17, 15) is 4.80 Å². The smallest absolute Gasteiger partial charge is 0.235 e. The predicted octanol–water partition coefficient (Wildman–Crippen LogP) is 0.0656. The van der Waals surface area contributed by atoms with Gasteiger partial charge in [-0.3, -0.25) is 4.90 Å². The molecule has 2 rings (SSSR count). The molecule has 0 bridgehead atoms. The van der Waals surface area contributed by atoms with Gasteiger partial charge in [0.15, 0.2) is 0 Å². The SMILES string of the molecule is NC[Si](O)CN1CCc2ccccc2C1. The quantitative estimate of drug-likeness (QED) is 0.710. The van der Waals surface area contributed by atoms with Gasteiger partial charge >= 0.3 is 0 Å². The fourth-order valence-corrected chi connectivity index (χ4v) is 2.93. The molecule has 3 nitrogen and oxygen atoms in total. The number of nitrogens with zero attached hydrogens (tertiary/aromatic N) is 1. The van der Waals surface area contributed by atoms with Crippen molar-refractivity contribution in [1.29, 1.82) is 0 Å². The van der Waals surface area contributed by atoms with E-state index in [1.807, 2.05) is 0 Å². The van der Waals surface area contributed by atoms with Gasteiger partial charge in [-0.1, -0.05) is 24.3 Å². The number of benzene rings is 1. The Bertz CT molecular complexity index is 332. The summed E-state index contributed by atoms with van der Waals surface area (Å²) < 4.78 is 0. The Kier molecular flexibility index (Phi) is 3.53. The number of nitrogens with two attached hydrogens (primary N) is 1. The van der Waals surface area contributed by atoms with Crippen molar-refractivity contribution in [2.24, 2.45) is 5.73 Å². The first kappa shape index (κ1) is 10.8. The lowest BCUT2D eigenvalue weighted by molar-refractivity contribution is 0.282. The van der Waals surface area contributed by atoms with Crippen LogP contribution in [0, 0.1) is 0 Å². The van der Waals surface area contributed by atoms with Crippen molar-refractivity contribution in [2.75, 3.05) is 18.9 Å². The van der Waals surface area contributed by atoms with Gasteiger partial charge in [0.1, 0.15) is 0 Å². The molecule has 81 valence electrons. The summed E-state index contributed by atoms with van der Waals surface area (Å²) in [7, 11) is -1.33. The average Bonchev–Trinajstić information content (AvgIpc) is 2.29. The fraction of sp³-hybridized carbons (Fsp3) is 0.455. The molecular formula is C11H17N2OSi. The second kappa shape index (κ2) is 4.89. The molecule has 0 amide bonds. The standard InChI is InChI=1S/C11H17N2OSi/c12-8-15(14)9-13-6-5-10-3-1-2-4-11(10)7-13/h1-4,14H,5-9,12H2. The van der Waals surface area contributed by atoms with E-state index in [-0.39, 0.29) is 0 Å². The molecule has 3 N–H and O–H groups in total. The van der Waals surface area contributed by atoms with Crippen LogP contribution in [0.2, 0.25) is 0 Å². The number of rotatable bonds is 3. The molecule has 1 aliphatic heterocycles. The Labute approximate surface area is 92.2 Å². The van der Waals surface area contributed by atoms with Crippen LogP contribution >= 0.6 is 0 Å². The van der Waals surface area contributed by atoms with E-state index in [2.05, 4.69) is 29.2 Å². The molecular weight excluding hydrogens is 204 g/mol. The van der Waals surface area contributed by atoms with Gasteiger partial charge in [0.05, 0.1) is 0 Å². The summed E-state index contributed by atoms with van der Waals surface area (Å²) in [6.07, 6.45) is 2.33. The Morgan fingerprint density at radius 3 is 2.80 bits per heavy atom. The molecule has 1 aliphatic rings. The van der Waals surface area contributed by atoms with Gasteiger partial charge < -0.3 is 10.5 Å². The molecule has 15 heavy (non-hydrogen) atoms. The van der Waals surface area contributed by atoms with Gasteiger partial charge in [-0.15, -0.1) is 0 Å². The van der Waals surface area contributed by atoms with Gasteiger partial charge in [-0.2, -0.15) is 0 Å². The van der Waals surface area contributed by atoms with Crippen molar-refractivity contribution in [3.05, 3.63) is 35.4 Å². The molecule has 0 aromatic heterocycles. The Morgan fingerprint density at radius 1 is 1.33 bits per heavy atom. The highest BCUT2D eigenvalue weighted by Crippen LogP contribution is 2.17.